The first-order chi connectivity index (χ1) is 11.5. The Kier molecular flexibility index (Phi) is 4.08. The second-order valence-electron chi connectivity index (χ2n) is 5.57. The second-order valence-corrected chi connectivity index (χ2v) is 5.57. The number of hydrogen-bond donors (Lipinski definition) is 1. The molecule has 0 aliphatic carbocycles. The molecule has 3 rings (SSSR count). The lowest BCUT2D eigenvalue weighted by atomic mass is 10.1. The highest BCUT2D eigenvalue weighted by molar-refractivity contribution is 6.06. The Morgan fingerprint density at radius 2 is 1.83 bits per heavy atom. The molecule has 0 aliphatic heterocycles. The molecule has 0 saturated carbocycles. The van der Waals surface area contributed by atoms with Crippen LogP contribution in [0.2, 0.25) is 0 Å². The fourth-order valence-electron chi connectivity index (χ4n) is 2.53. The van der Waals surface area contributed by atoms with E-state index in [9.17, 15) is 9.59 Å². The molecule has 0 saturated heterocycles. The standard InChI is InChI=1S/C19H17NO4/c1-11-12(2)24-18-14(17(11)21)8-9-15(16(18)19(20)22)23-10-13-6-4-3-5-7-13/h3-9H,10H2,1-2H3,(H2,20,22). The molecule has 5 heteroatoms. The molecule has 0 aliphatic rings. The summed E-state index contributed by atoms with van der Waals surface area (Å²) < 4.78 is 11.4. The minimum atomic E-state index is -0.699. The van der Waals surface area contributed by atoms with Gasteiger partial charge in [-0.2, -0.15) is 0 Å². The van der Waals surface area contributed by atoms with E-state index in [1.807, 2.05) is 30.3 Å². The normalized spacial score (nSPS) is 10.8. The number of ether oxygens (including phenoxy) is 1. The molecule has 1 aromatic heterocycles. The zero-order valence-electron chi connectivity index (χ0n) is 13.5. The van der Waals surface area contributed by atoms with Crippen LogP contribution in [-0.2, 0) is 6.61 Å². The highest BCUT2D eigenvalue weighted by Crippen LogP contribution is 2.28. The summed E-state index contributed by atoms with van der Waals surface area (Å²) in [7, 11) is 0. The van der Waals surface area contributed by atoms with Crippen molar-refractivity contribution in [2.45, 2.75) is 20.5 Å². The lowest BCUT2D eigenvalue weighted by Gasteiger charge is -2.12. The van der Waals surface area contributed by atoms with E-state index in [2.05, 4.69) is 0 Å². The lowest BCUT2D eigenvalue weighted by molar-refractivity contribution is 0.0996. The van der Waals surface area contributed by atoms with Crippen molar-refractivity contribution in [3.63, 3.8) is 0 Å². The molecule has 0 fully saturated rings. The number of primary amides is 1. The number of aryl methyl sites for hydroxylation is 1. The van der Waals surface area contributed by atoms with Gasteiger partial charge in [-0.3, -0.25) is 9.59 Å². The maximum atomic E-state index is 12.4. The van der Waals surface area contributed by atoms with Crippen LogP contribution in [0.5, 0.6) is 5.75 Å². The van der Waals surface area contributed by atoms with Crippen molar-refractivity contribution in [2.24, 2.45) is 5.73 Å². The summed E-state index contributed by atoms with van der Waals surface area (Å²) >= 11 is 0. The molecule has 2 N–H and O–H groups in total. The van der Waals surface area contributed by atoms with Gasteiger partial charge < -0.3 is 14.9 Å². The predicted octanol–water partition coefficient (Wildman–Crippen LogP) is 3.09. The van der Waals surface area contributed by atoms with Gasteiger partial charge in [-0.1, -0.05) is 30.3 Å². The molecular weight excluding hydrogens is 306 g/mol. The third-order valence-corrected chi connectivity index (χ3v) is 3.97. The Hall–Kier alpha value is -3.08. The van der Waals surface area contributed by atoms with Crippen LogP contribution in [0.4, 0.5) is 0 Å². The summed E-state index contributed by atoms with van der Waals surface area (Å²) in [6.07, 6.45) is 0. The van der Waals surface area contributed by atoms with Gasteiger partial charge in [-0.15, -0.1) is 0 Å². The van der Waals surface area contributed by atoms with Gasteiger partial charge in [-0.25, -0.2) is 0 Å². The fourth-order valence-corrected chi connectivity index (χ4v) is 2.53. The smallest absolute Gasteiger partial charge is 0.256 e. The summed E-state index contributed by atoms with van der Waals surface area (Å²) in [5, 5.41) is 0.318. The molecule has 122 valence electrons. The molecule has 0 radical (unpaired) electrons. The van der Waals surface area contributed by atoms with Gasteiger partial charge in [0, 0.05) is 5.56 Å². The highest BCUT2D eigenvalue weighted by atomic mass is 16.5. The fraction of sp³-hybridized carbons (Fsp3) is 0.158. The Bertz CT molecular complexity index is 974. The van der Waals surface area contributed by atoms with Crippen molar-refractivity contribution in [1.82, 2.24) is 0 Å². The third-order valence-electron chi connectivity index (χ3n) is 3.97. The molecular formula is C19H17NO4. The first-order valence-corrected chi connectivity index (χ1v) is 7.52. The maximum Gasteiger partial charge on any atom is 0.256 e. The van der Waals surface area contributed by atoms with Crippen LogP contribution in [0.25, 0.3) is 11.0 Å². The zero-order valence-corrected chi connectivity index (χ0v) is 13.5. The van der Waals surface area contributed by atoms with Gasteiger partial charge in [0.05, 0.1) is 5.39 Å². The topological polar surface area (TPSA) is 82.5 Å². The molecule has 5 nitrogen and oxygen atoms in total. The largest absolute Gasteiger partial charge is 0.488 e. The molecule has 3 aromatic rings. The number of benzene rings is 2. The molecule has 2 aromatic carbocycles. The van der Waals surface area contributed by atoms with Crippen molar-refractivity contribution < 1.29 is 13.9 Å². The van der Waals surface area contributed by atoms with Gasteiger partial charge in [-0.05, 0) is 31.5 Å². The van der Waals surface area contributed by atoms with Gasteiger partial charge >= 0.3 is 0 Å². The molecule has 0 bridgehead atoms. The van der Waals surface area contributed by atoms with Crippen LogP contribution in [-0.4, -0.2) is 5.91 Å². The number of hydrogen-bond acceptors (Lipinski definition) is 4. The monoisotopic (exact) mass is 323 g/mol. The molecule has 1 amide bonds. The van der Waals surface area contributed by atoms with Gasteiger partial charge in [0.2, 0.25) is 0 Å². The second kappa shape index (κ2) is 6.20. The van der Waals surface area contributed by atoms with E-state index in [0.29, 0.717) is 22.5 Å². The van der Waals surface area contributed by atoms with Crippen molar-refractivity contribution in [2.75, 3.05) is 0 Å². The number of fused-ring (bicyclic) bond motifs is 1. The Balaban J connectivity index is 2.12. The first kappa shape index (κ1) is 15.8. The number of nitrogens with two attached hydrogens (primary N) is 1. The SMILES string of the molecule is Cc1oc2c(C(N)=O)c(OCc3ccccc3)ccc2c(=O)c1C. The van der Waals surface area contributed by atoms with Crippen LogP contribution < -0.4 is 15.9 Å². The molecule has 0 unspecified atom stereocenters. The van der Waals surface area contributed by atoms with Crippen LogP contribution in [0.1, 0.15) is 27.2 Å². The van der Waals surface area contributed by atoms with Crippen LogP contribution >= 0.6 is 0 Å². The van der Waals surface area contributed by atoms with Crippen molar-refractivity contribution in [1.29, 1.82) is 0 Å². The highest BCUT2D eigenvalue weighted by Gasteiger charge is 2.19. The number of rotatable bonds is 4. The number of carbonyl (C=O) groups is 1. The van der Waals surface area contributed by atoms with Gasteiger partial charge in [0.15, 0.2) is 11.0 Å². The lowest BCUT2D eigenvalue weighted by Crippen LogP contribution is -2.16. The summed E-state index contributed by atoms with van der Waals surface area (Å²) in [5.41, 5.74) is 7.05. The minimum Gasteiger partial charge on any atom is -0.488 e. The van der Waals surface area contributed by atoms with Crippen molar-refractivity contribution in [3.8, 4) is 5.75 Å². The molecule has 0 atom stereocenters. The average Bonchev–Trinajstić information content (AvgIpc) is 2.58. The van der Waals surface area contributed by atoms with E-state index in [1.165, 1.54) is 0 Å². The van der Waals surface area contributed by atoms with Crippen LogP contribution in [0.15, 0.2) is 51.7 Å². The summed E-state index contributed by atoms with van der Waals surface area (Å²) in [6, 6.07) is 12.7. The number of amides is 1. The van der Waals surface area contributed by atoms with Crippen molar-refractivity contribution >= 4 is 16.9 Å². The quantitative estimate of drug-likeness (QED) is 0.800. The van der Waals surface area contributed by atoms with E-state index < -0.39 is 5.91 Å². The van der Waals surface area contributed by atoms with E-state index in [1.54, 1.807) is 26.0 Å². The van der Waals surface area contributed by atoms with Gasteiger partial charge in [0.1, 0.15) is 23.7 Å². The summed E-state index contributed by atoms with van der Waals surface area (Å²) in [4.78, 5) is 24.3. The Morgan fingerprint density at radius 1 is 1.12 bits per heavy atom. The maximum absolute atomic E-state index is 12.4. The summed E-state index contributed by atoms with van der Waals surface area (Å²) in [5.74, 6) is 0.0514. The Morgan fingerprint density at radius 3 is 2.50 bits per heavy atom. The molecule has 0 spiro atoms. The van der Waals surface area contributed by atoms with E-state index in [-0.39, 0.29) is 23.2 Å². The molecule has 24 heavy (non-hydrogen) atoms. The van der Waals surface area contributed by atoms with E-state index >= 15 is 0 Å². The third kappa shape index (κ3) is 2.76. The molecule has 1 heterocycles. The van der Waals surface area contributed by atoms with Crippen LogP contribution in [0, 0.1) is 13.8 Å². The minimum absolute atomic E-state index is 0.0867. The summed E-state index contributed by atoms with van der Waals surface area (Å²) in [6.45, 7) is 3.64. The van der Waals surface area contributed by atoms with Gasteiger partial charge in [0.25, 0.3) is 5.91 Å². The van der Waals surface area contributed by atoms with E-state index in [0.717, 1.165) is 5.56 Å². The van der Waals surface area contributed by atoms with Crippen LogP contribution in [0.3, 0.4) is 0 Å². The van der Waals surface area contributed by atoms with E-state index in [4.69, 9.17) is 14.9 Å². The zero-order chi connectivity index (χ0) is 17.3. The predicted molar refractivity (Wildman–Crippen MR) is 91.2 cm³/mol. The average molecular weight is 323 g/mol. The first-order valence-electron chi connectivity index (χ1n) is 7.52. The van der Waals surface area contributed by atoms with Crippen molar-refractivity contribution in [3.05, 3.63) is 75.1 Å². The number of carbonyl (C=O) groups excluding carboxylic acids is 1. The Labute approximate surface area is 138 Å².